The van der Waals surface area contributed by atoms with Crippen molar-refractivity contribution in [3.8, 4) is 0 Å². The molecule has 2 aliphatic heterocycles. The van der Waals surface area contributed by atoms with Crippen molar-refractivity contribution in [3.05, 3.63) is 49.2 Å². The van der Waals surface area contributed by atoms with Crippen molar-refractivity contribution in [2.45, 2.75) is 18.5 Å². The maximum absolute atomic E-state index is 12.8. The first-order valence-corrected chi connectivity index (χ1v) is 12.9. The van der Waals surface area contributed by atoms with Crippen LogP contribution in [0, 0.1) is 0 Å². The standard InChI is InChI=1S/C18H19ClN4O4S3/c1-22(30(3,25)26)10-8-12-13(18(24)27-2)14(15-11(19)4-6-28-15)21-16(23(12)9-10)17-20-5-7-29-17/h4-7,10,14H,8-9H2,1-3H3. The molecule has 0 spiro atoms. The number of carbonyl (C=O) groups is 1. The summed E-state index contributed by atoms with van der Waals surface area (Å²) in [6.45, 7) is 0.364. The molecule has 12 heteroatoms. The zero-order valence-corrected chi connectivity index (χ0v) is 19.6. The molecule has 2 aromatic rings. The van der Waals surface area contributed by atoms with Gasteiger partial charge >= 0.3 is 5.97 Å². The number of aromatic nitrogens is 1. The lowest BCUT2D eigenvalue weighted by Gasteiger charge is -2.31. The first-order valence-electron chi connectivity index (χ1n) is 8.94. The normalized spacial score (nSPS) is 21.8. The molecular formula is C18H19ClN4O4S3. The fraction of sp³-hybridized carbons (Fsp3) is 0.389. The van der Waals surface area contributed by atoms with Crippen LogP contribution in [0.25, 0.3) is 0 Å². The van der Waals surface area contributed by atoms with E-state index in [1.54, 1.807) is 19.3 Å². The summed E-state index contributed by atoms with van der Waals surface area (Å²) in [6, 6.07) is 0.774. The highest BCUT2D eigenvalue weighted by Crippen LogP contribution is 2.44. The van der Waals surface area contributed by atoms with Gasteiger partial charge in [-0.25, -0.2) is 18.2 Å². The molecule has 0 aliphatic carbocycles. The van der Waals surface area contributed by atoms with Gasteiger partial charge in [0.05, 0.1) is 28.8 Å². The third-order valence-electron chi connectivity index (χ3n) is 5.20. The van der Waals surface area contributed by atoms with Crippen LogP contribution in [-0.2, 0) is 19.6 Å². The number of carbonyl (C=O) groups excluding carboxylic acids is 1. The van der Waals surface area contributed by atoms with E-state index in [0.29, 0.717) is 40.1 Å². The van der Waals surface area contributed by atoms with Gasteiger partial charge in [0.15, 0.2) is 10.8 Å². The summed E-state index contributed by atoms with van der Waals surface area (Å²) in [5.41, 5.74) is 1.07. The Labute approximate surface area is 187 Å². The molecule has 1 fully saturated rings. The van der Waals surface area contributed by atoms with Crippen molar-refractivity contribution in [3.63, 3.8) is 0 Å². The molecule has 0 saturated carbocycles. The number of thiophene rings is 1. The van der Waals surface area contributed by atoms with Crippen LogP contribution >= 0.6 is 34.3 Å². The molecule has 0 bridgehead atoms. The molecule has 0 radical (unpaired) electrons. The van der Waals surface area contributed by atoms with E-state index in [9.17, 15) is 13.2 Å². The van der Waals surface area contributed by atoms with Crippen molar-refractivity contribution < 1.29 is 17.9 Å². The predicted molar refractivity (Wildman–Crippen MR) is 117 cm³/mol. The maximum atomic E-state index is 12.8. The molecule has 2 aliphatic rings. The van der Waals surface area contributed by atoms with E-state index >= 15 is 0 Å². The van der Waals surface area contributed by atoms with Crippen LogP contribution in [0.3, 0.4) is 0 Å². The number of amidine groups is 1. The molecule has 30 heavy (non-hydrogen) atoms. The second-order valence-electron chi connectivity index (χ2n) is 6.92. The number of ether oxygens (including phenoxy) is 1. The number of hydrogen-bond acceptors (Lipinski definition) is 9. The average Bonchev–Trinajstić information content (AvgIpc) is 3.45. The van der Waals surface area contributed by atoms with E-state index in [2.05, 4.69) is 4.98 Å². The average molecular weight is 487 g/mol. The predicted octanol–water partition coefficient (Wildman–Crippen LogP) is 2.75. The Balaban J connectivity index is 1.89. The number of fused-ring (bicyclic) bond motifs is 1. The van der Waals surface area contributed by atoms with Crippen LogP contribution in [0.2, 0.25) is 5.02 Å². The molecule has 0 amide bonds. The van der Waals surface area contributed by atoms with E-state index in [4.69, 9.17) is 21.3 Å². The van der Waals surface area contributed by atoms with E-state index < -0.39 is 22.0 Å². The van der Waals surface area contributed by atoms with Crippen LogP contribution in [0.4, 0.5) is 0 Å². The highest BCUT2D eigenvalue weighted by molar-refractivity contribution is 7.88. The minimum absolute atomic E-state index is 0.350. The molecule has 2 atom stereocenters. The van der Waals surface area contributed by atoms with Gasteiger partial charge in [0.1, 0.15) is 6.04 Å². The lowest BCUT2D eigenvalue weighted by Crippen LogP contribution is -2.40. The molecule has 2 aromatic heterocycles. The summed E-state index contributed by atoms with van der Waals surface area (Å²) < 4.78 is 30.7. The fourth-order valence-corrected chi connectivity index (χ4v) is 6.18. The highest BCUT2D eigenvalue weighted by Gasteiger charge is 2.44. The zero-order valence-electron chi connectivity index (χ0n) is 16.4. The van der Waals surface area contributed by atoms with Crippen LogP contribution in [0.1, 0.15) is 22.3 Å². The Hall–Kier alpha value is -1.79. The van der Waals surface area contributed by atoms with Crippen molar-refractivity contribution >= 4 is 56.1 Å². The van der Waals surface area contributed by atoms with Gasteiger partial charge in [-0.2, -0.15) is 4.31 Å². The molecule has 2 unspecified atom stereocenters. The van der Waals surface area contributed by atoms with Gasteiger partial charge in [0.25, 0.3) is 0 Å². The van der Waals surface area contributed by atoms with Crippen LogP contribution < -0.4 is 0 Å². The molecule has 4 rings (SSSR count). The lowest BCUT2D eigenvalue weighted by atomic mass is 9.99. The van der Waals surface area contributed by atoms with Gasteiger partial charge < -0.3 is 9.64 Å². The Morgan fingerprint density at radius 2 is 2.13 bits per heavy atom. The number of esters is 1. The van der Waals surface area contributed by atoms with Gasteiger partial charge in [-0.3, -0.25) is 4.99 Å². The van der Waals surface area contributed by atoms with Crippen molar-refractivity contribution in [2.24, 2.45) is 4.99 Å². The number of thiazole rings is 1. The summed E-state index contributed by atoms with van der Waals surface area (Å²) in [6.07, 6.45) is 3.22. The SMILES string of the molecule is COC(=O)C1=C2CC(N(C)S(C)(=O)=O)CN2C(c2nccs2)=NC1c1sccc1Cl. The largest absolute Gasteiger partial charge is 0.466 e. The maximum Gasteiger partial charge on any atom is 0.338 e. The van der Waals surface area contributed by atoms with Crippen molar-refractivity contribution in [1.29, 1.82) is 0 Å². The van der Waals surface area contributed by atoms with Gasteiger partial charge in [0, 0.05) is 43.3 Å². The zero-order chi connectivity index (χ0) is 21.6. The van der Waals surface area contributed by atoms with Crippen molar-refractivity contribution in [2.75, 3.05) is 27.0 Å². The fourth-order valence-electron chi connectivity index (χ4n) is 3.65. The molecule has 8 nitrogen and oxygen atoms in total. The van der Waals surface area contributed by atoms with Crippen LogP contribution in [-0.4, -0.2) is 67.4 Å². The van der Waals surface area contributed by atoms with Gasteiger partial charge in [0.2, 0.25) is 10.0 Å². The second-order valence-corrected chi connectivity index (χ2v) is 11.2. The minimum Gasteiger partial charge on any atom is -0.466 e. The quantitative estimate of drug-likeness (QED) is 0.603. The van der Waals surface area contributed by atoms with Crippen LogP contribution in [0.5, 0.6) is 0 Å². The van der Waals surface area contributed by atoms with E-state index in [1.807, 2.05) is 15.7 Å². The highest BCUT2D eigenvalue weighted by atomic mass is 35.5. The number of sulfonamides is 1. The Morgan fingerprint density at radius 1 is 1.37 bits per heavy atom. The number of rotatable bonds is 5. The Bertz CT molecular complexity index is 1140. The summed E-state index contributed by atoms with van der Waals surface area (Å²) in [5.74, 6) is 0.0978. The number of nitrogens with zero attached hydrogens (tertiary/aromatic N) is 4. The van der Waals surface area contributed by atoms with E-state index in [1.165, 1.54) is 40.3 Å². The topological polar surface area (TPSA) is 92.2 Å². The molecule has 1 saturated heterocycles. The number of aliphatic imine (C=N–C) groups is 1. The third-order valence-corrected chi connectivity index (χ3v) is 8.72. The smallest absolute Gasteiger partial charge is 0.338 e. The Kier molecular flexibility index (Phi) is 5.75. The minimum atomic E-state index is -3.41. The first-order chi connectivity index (χ1) is 14.2. The van der Waals surface area contributed by atoms with E-state index in [-0.39, 0.29) is 6.04 Å². The number of halogens is 1. The molecule has 4 heterocycles. The summed E-state index contributed by atoms with van der Waals surface area (Å²) in [5, 5.41) is 4.90. The van der Waals surface area contributed by atoms with Gasteiger partial charge in [-0.1, -0.05) is 11.6 Å². The third kappa shape index (κ3) is 3.69. The van der Waals surface area contributed by atoms with Crippen LogP contribution in [0.15, 0.2) is 39.3 Å². The molecule has 0 aromatic carbocycles. The van der Waals surface area contributed by atoms with Crippen molar-refractivity contribution in [1.82, 2.24) is 14.2 Å². The molecule has 160 valence electrons. The second kappa shape index (κ2) is 8.04. The van der Waals surface area contributed by atoms with Gasteiger partial charge in [-0.05, 0) is 11.4 Å². The van der Waals surface area contributed by atoms with Gasteiger partial charge in [-0.15, -0.1) is 22.7 Å². The summed E-state index contributed by atoms with van der Waals surface area (Å²) >= 11 is 9.23. The molecular weight excluding hydrogens is 468 g/mol. The monoisotopic (exact) mass is 486 g/mol. The Morgan fingerprint density at radius 3 is 2.70 bits per heavy atom. The first kappa shape index (κ1) is 21.4. The summed E-state index contributed by atoms with van der Waals surface area (Å²) in [7, 11) is -0.543. The number of methoxy groups -OCH3 is 1. The number of hydrogen-bond donors (Lipinski definition) is 0. The number of likely N-dealkylation sites (N-methyl/N-ethyl adjacent to an activating group) is 1. The summed E-state index contributed by atoms with van der Waals surface area (Å²) in [4.78, 5) is 24.7. The lowest BCUT2D eigenvalue weighted by molar-refractivity contribution is -0.136. The van der Waals surface area contributed by atoms with E-state index in [0.717, 1.165) is 4.88 Å². The molecule has 0 N–H and O–H groups in total.